The molecule has 1 aromatic rings. The molecule has 0 bridgehead atoms. The predicted octanol–water partition coefficient (Wildman–Crippen LogP) is 0.937. The Kier molecular flexibility index (Phi) is 1.31. The summed E-state index contributed by atoms with van der Waals surface area (Å²) in [5, 5.41) is 0. The third kappa shape index (κ3) is 0.960. The van der Waals surface area contributed by atoms with Gasteiger partial charge in [-0.1, -0.05) is 0 Å². The predicted molar refractivity (Wildman–Crippen MR) is 37.3 cm³/mol. The lowest BCUT2D eigenvalue weighted by atomic mass is 10.6. The first-order chi connectivity index (χ1) is 5.38. The van der Waals surface area contributed by atoms with Gasteiger partial charge in [-0.3, -0.25) is 0 Å². The fourth-order valence-electron chi connectivity index (χ4n) is 0.965. The van der Waals surface area contributed by atoms with Crippen LogP contribution in [-0.2, 0) is 16.5 Å². The smallest absolute Gasteiger partial charge is 0.299 e. The molecule has 4 heteroatoms. The summed E-state index contributed by atoms with van der Waals surface area (Å²) in [5.74, 6) is 0.773. The summed E-state index contributed by atoms with van der Waals surface area (Å²) in [4.78, 5) is 4.07. The fraction of sp³-hybridized carbons (Fsp3) is 0.286. The van der Waals surface area contributed by atoms with E-state index in [4.69, 9.17) is 9.47 Å². The molecule has 0 aromatic carbocycles. The average Bonchev–Trinajstić information content (AvgIpc) is 2.55. The monoisotopic (exact) mass is 152 g/mol. The van der Waals surface area contributed by atoms with Crippen molar-refractivity contribution in [1.29, 1.82) is 0 Å². The van der Waals surface area contributed by atoms with Crippen LogP contribution in [0.4, 0.5) is 0 Å². The lowest BCUT2D eigenvalue weighted by Gasteiger charge is -2.08. The van der Waals surface area contributed by atoms with Gasteiger partial charge < -0.3 is 14.0 Å². The quantitative estimate of drug-likeness (QED) is 0.600. The number of imidazole rings is 1. The van der Waals surface area contributed by atoms with E-state index in [1.807, 2.05) is 17.8 Å². The van der Waals surface area contributed by atoms with E-state index in [1.54, 1.807) is 6.20 Å². The summed E-state index contributed by atoms with van der Waals surface area (Å²) in [5.41, 5.74) is 0. The highest BCUT2D eigenvalue weighted by atomic mass is 16.7. The van der Waals surface area contributed by atoms with Gasteiger partial charge in [0.05, 0.1) is 0 Å². The summed E-state index contributed by atoms with van der Waals surface area (Å²) >= 11 is 0. The van der Waals surface area contributed by atoms with Gasteiger partial charge in [0.25, 0.3) is 6.29 Å². The largest absolute Gasteiger partial charge is 0.452 e. The molecule has 58 valence electrons. The van der Waals surface area contributed by atoms with Crippen molar-refractivity contribution >= 4 is 0 Å². The van der Waals surface area contributed by atoms with Gasteiger partial charge in [-0.2, -0.15) is 0 Å². The molecule has 0 N–H and O–H groups in total. The first-order valence-corrected chi connectivity index (χ1v) is 3.31. The van der Waals surface area contributed by atoms with Crippen molar-refractivity contribution in [2.45, 2.75) is 6.29 Å². The molecule has 0 radical (unpaired) electrons. The van der Waals surface area contributed by atoms with Crippen molar-refractivity contribution < 1.29 is 9.47 Å². The number of aryl methyl sites for hydroxylation is 1. The van der Waals surface area contributed by atoms with Gasteiger partial charge in [-0.25, -0.2) is 4.98 Å². The third-order valence-electron chi connectivity index (χ3n) is 1.53. The molecule has 11 heavy (non-hydrogen) atoms. The Morgan fingerprint density at radius 2 is 2.18 bits per heavy atom. The van der Waals surface area contributed by atoms with Gasteiger partial charge in [0, 0.05) is 19.4 Å². The highest BCUT2D eigenvalue weighted by Crippen LogP contribution is 2.21. The molecular weight excluding hydrogens is 144 g/mol. The molecule has 0 spiro atoms. The van der Waals surface area contributed by atoms with Gasteiger partial charge in [0.2, 0.25) is 0 Å². The average molecular weight is 152 g/mol. The van der Waals surface area contributed by atoms with Crippen molar-refractivity contribution in [3.63, 3.8) is 0 Å². The number of hydrogen-bond acceptors (Lipinski definition) is 3. The molecule has 0 fully saturated rings. The minimum Gasteiger partial charge on any atom is -0.452 e. The summed E-state index contributed by atoms with van der Waals surface area (Å²) < 4.78 is 12.0. The van der Waals surface area contributed by atoms with Crippen LogP contribution in [0.3, 0.4) is 0 Å². The molecule has 0 amide bonds. The van der Waals surface area contributed by atoms with Crippen LogP contribution in [0, 0.1) is 0 Å². The zero-order valence-electron chi connectivity index (χ0n) is 6.10. The molecule has 1 aliphatic heterocycles. The molecule has 0 saturated carbocycles. The van der Waals surface area contributed by atoms with Crippen LogP contribution in [0.15, 0.2) is 24.9 Å². The van der Waals surface area contributed by atoms with Gasteiger partial charge in [-0.15, -0.1) is 0 Å². The zero-order chi connectivity index (χ0) is 7.68. The van der Waals surface area contributed by atoms with Gasteiger partial charge in [0.1, 0.15) is 12.5 Å². The van der Waals surface area contributed by atoms with E-state index in [-0.39, 0.29) is 6.29 Å². The van der Waals surface area contributed by atoms with Crippen LogP contribution >= 0.6 is 0 Å². The molecule has 0 saturated heterocycles. The van der Waals surface area contributed by atoms with Crippen molar-refractivity contribution in [2.24, 2.45) is 7.05 Å². The molecule has 2 rings (SSSR count). The minimum atomic E-state index is -0.366. The van der Waals surface area contributed by atoms with E-state index >= 15 is 0 Å². The number of nitrogens with zero attached hydrogens (tertiary/aromatic N) is 2. The summed E-state index contributed by atoms with van der Waals surface area (Å²) in [7, 11) is 1.90. The summed E-state index contributed by atoms with van der Waals surface area (Å²) in [6.07, 6.45) is 6.22. The molecule has 1 aromatic heterocycles. The maximum atomic E-state index is 5.09. The van der Waals surface area contributed by atoms with Crippen LogP contribution in [0.5, 0.6) is 0 Å². The number of rotatable bonds is 1. The Hall–Kier alpha value is -1.45. The van der Waals surface area contributed by atoms with E-state index in [0.717, 1.165) is 5.82 Å². The molecule has 0 atom stereocenters. The van der Waals surface area contributed by atoms with E-state index in [1.165, 1.54) is 12.5 Å². The Labute approximate surface area is 64.1 Å². The van der Waals surface area contributed by atoms with Crippen LogP contribution in [0.2, 0.25) is 0 Å². The maximum Gasteiger partial charge on any atom is 0.299 e. The SMILES string of the molecule is Cn1ccnc1C1OC=CO1. The van der Waals surface area contributed by atoms with Crippen molar-refractivity contribution in [1.82, 2.24) is 9.55 Å². The number of ether oxygens (including phenoxy) is 2. The standard InChI is InChI=1S/C7H8N2O2/c1-9-3-2-8-6(9)7-10-4-5-11-7/h2-5,7H,1H3. The van der Waals surface area contributed by atoms with Gasteiger partial charge in [-0.05, 0) is 0 Å². The van der Waals surface area contributed by atoms with Crippen molar-refractivity contribution in [3.05, 3.63) is 30.7 Å². The highest BCUT2D eigenvalue weighted by Gasteiger charge is 2.19. The summed E-state index contributed by atoms with van der Waals surface area (Å²) in [6, 6.07) is 0. The molecular formula is C7H8N2O2. The zero-order valence-corrected chi connectivity index (χ0v) is 6.10. The highest BCUT2D eigenvalue weighted by molar-refractivity contribution is 4.95. The topological polar surface area (TPSA) is 36.3 Å². The van der Waals surface area contributed by atoms with Crippen LogP contribution in [0.1, 0.15) is 12.1 Å². The van der Waals surface area contributed by atoms with E-state index in [2.05, 4.69) is 4.98 Å². The van der Waals surface area contributed by atoms with Gasteiger partial charge in [0.15, 0.2) is 5.82 Å². The Morgan fingerprint density at radius 1 is 1.45 bits per heavy atom. The van der Waals surface area contributed by atoms with Crippen molar-refractivity contribution in [2.75, 3.05) is 0 Å². The van der Waals surface area contributed by atoms with E-state index < -0.39 is 0 Å². The summed E-state index contributed by atoms with van der Waals surface area (Å²) in [6.45, 7) is 0. The normalized spacial score (nSPS) is 16.5. The first kappa shape index (κ1) is 6.27. The molecule has 0 unspecified atom stereocenters. The second kappa shape index (κ2) is 2.30. The van der Waals surface area contributed by atoms with E-state index in [9.17, 15) is 0 Å². The fourth-order valence-corrected chi connectivity index (χ4v) is 0.965. The molecule has 2 heterocycles. The Morgan fingerprint density at radius 3 is 2.73 bits per heavy atom. The van der Waals surface area contributed by atoms with Crippen LogP contribution in [0.25, 0.3) is 0 Å². The lowest BCUT2D eigenvalue weighted by molar-refractivity contribution is -0.0334. The Bertz CT molecular complexity index is 272. The molecule has 0 aliphatic carbocycles. The van der Waals surface area contributed by atoms with Crippen molar-refractivity contribution in [3.8, 4) is 0 Å². The lowest BCUT2D eigenvalue weighted by Crippen LogP contribution is -2.05. The number of hydrogen-bond donors (Lipinski definition) is 0. The van der Waals surface area contributed by atoms with Crippen LogP contribution in [-0.4, -0.2) is 9.55 Å². The number of aromatic nitrogens is 2. The first-order valence-electron chi connectivity index (χ1n) is 3.31. The maximum absolute atomic E-state index is 5.09. The van der Waals surface area contributed by atoms with Crippen LogP contribution < -0.4 is 0 Å². The van der Waals surface area contributed by atoms with E-state index in [0.29, 0.717) is 0 Å². The second-order valence-electron chi connectivity index (χ2n) is 2.27. The second-order valence-corrected chi connectivity index (χ2v) is 2.27. The molecule has 4 nitrogen and oxygen atoms in total. The molecule has 1 aliphatic rings. The minimum absolute atomic E-state index is 0.366. The van der Waals surface area contributed by atoms with Gasteiger partial charge >= 0.3 is 0 Å². The Balaban J connectivity index is 2.22. The third-order valence-corrected chi connectivity index (χ3v) is 1.53.